The molecule has 0 bridgehead atoms. The molecule has 0 unspecified atom stereocenters. The second-order valence-corrected chi connectivity index (χ2v) is 4.56. The van der Waals surface area contributed by atoms with Gasteiger partial charge in [-0.05, 0) is 37.4 Å². The second-order valence-electron chi connectivity index (χ2n) is 2.00. The average Bonchev–Trinajstić information content (AvgIpc) is 2.05. The lowest BCUT2D eigenvalue weighted by Crippen LogP contribution is -1.77. The third kappa shape index (κ3) is 3.78. The summed E-state index contributed by atoms with van der Waals surface area (Å²) in [5.74, 6) is 0. The molecule has 0 N–H and O–H groups in total. The van der Waals surface area contributed by atoms with Crippen molar-refractivity contribution in [2.24, 2.45) is 10.2 Å². The van der Waals surface area contributed by atoms with Gasteiger partial charge in [0.25, 0.3) is 0 Å². The molecule has 1 aromatic carbocycles. The minimum Gasteiger partial charge on any atom is -0.157 e. The van der Waals surface area contributed by atoms with E-state index in [0.717, 1.165) is 5.56 Å². The molecule has 0 amide bonds. The first-order chi connectivity index (χ1) is 5.79. The van der Waals surface area contributed by atoms with Gasteiger partial charge in [-0.25, -0.2) is 0 Å². The first-order valence-corrected chi connectivity index (χ1v) is 4.85. The van der Waals surface area contributed by atoms with Crippen LogP contribution in [0, 0.1) is 0 Å². The Morgan fingerprint density at radius 2 is 1.83 bits per heavy atom. The highest BCUT2D eigenvalue weighted by Gasteiger charge is 1.82. The van der Waals surface area contributed by atoms with Crippen LogP contribution in [0.4, 0.5) is 0 Å². The third-order valence-corrected chi connectivity index (χ3v) is 1.46. The van der Waals surface area contributed by atoms with Gasteiger partial charge in [-0.1, -0.05) is 30.3 Å². The highest BCUT2D eigenvalue weighted by molar-refractivity contribution is 9.39. The Labute approximate surface area is 87.7 Å². The molecule has 0 saturated carbocycles. The molecule has 0 aliphatic carbocycles. The summed E-state index contributed by atoms with van der Waals surface area (Å²) in [6, 6.07) is 9.78. The molecule has 0 fully saturated rings. The number of halogens is 2. The predicted molar refractivity (Wildman–Crippen MR) is 59.3 cm³/mol. The van der Waals surface area contributed by atoms with Crippen LogP contribution in [0.3, 0.4) is 0 Å². The fourth-order valence-electron chi connectivity index (χ4n) is 0.678. The standard InChI is InChI=1S/C8H6Br2N2/c9-8(10)12-11-6-7-4-2-1-3-5-7/h1-6H. The van der Waals surface area contributed by atoms with Gasteiger partial charge in [0.05, 0.1) is 6.21 Å². The van der Waals surface area contributed by atoms with Gasteiger partial charge in [-0.15, -0.1) is 5.10 Å². The van der Waals surface area contributed by atoms with Crippen LogP contribution in [0.2, 0.25) is 0 Å². The third-order valence-electron chi connectivity index (χ3n) is 1.14. The first kappa shape index (κ1) is 9.61. The summed E-state index contributed by atoms with van der Waals surface area (Å²) in [6.07, 6.45) is 1.68. The topological polar surface area (TPSA) is 24.7 Å². The molecule has 0 radical (unpaired) electrons. The minimum atomic E-state index is 0.585. The van der Waals surface area contributed by atoms with Gasteiger partial charge in [-0.3, -0.25) is 0 Å². The van der Waals surface area contributed by atoms with Gasteiger partial charge in [0, 0.05) is 0 Å². The van der Waals surface area contributed by atoms with Crippen molar-refractivity contribution in [2.45, 2.75) is 0 Å². The van der Waals surface area contributed by atoms with E-state index in [4.69, 9.17) is 0 Å². The van der Waals surface area contributed by atoms with E-state index in [1.807, 2.05) is 30.3 Å². The quantitative estimate of drug-likeness (QED) is 0.590. The maximum absolute atomic E-state index is 3.81. The van der Waals surface area contributed by atoms with Crippen LogP contribution in [0.1, 0.15) is 5.56 Å². The Hall–Kier alpha value is -0.480. The monoisotopic (exact) mass is 288 g/mol. The molecule has 0 aliphatic rings. The molecule has 2 nitrogen and oxygen atoms in total. The lowest BCUT2D eigenvalue weighted by molar-refractivity contribution is 1.27. The van der Waals surface area contributed by atoms with E-state index in [1.54, 1.807) is 6.21 Å². The smallest absolute Gasteiger partial charge is 0.157 e. The maximum atomic E-state index is 3.81. The summed E-state index contributed by atoms with van der Waals surface area (Å²) >= 11 is 6.20. The van der Waals surface area contributed by atoms with E-state index in [-0.39, 0.29) is 0 Å². The Morgan fingerprint density at radius 1 is 1.17 bits per heavy atom. The van der Waals surface area contributed by atoms with Crippen LogP contribution in [-0.2, 0) is 0 Å². The molecule has 0 spiro atoms. The molecule has 12 heavy (non-hydrogen) atoms. The summed E-state index contributed by atoms with van der Waals surface area (Å²) in [5.41, 5.74) is 1.03. The average molecular weight is 290 g/mol. The van der Waals surface area contributed by atoms with Gasteiger partial charge in [-0.2, -0.15) is 5.10 Å². The maximum Gasteiger partial charge on any atom is 0.171 e. The van der Waals surface area contributed by atoms with Crippen molar-refractivity contribution in [3.63, 3.8) is 0 Å². The van der Waals surface area contributed by atoms with Crippen LogP contribution < -0.4 is 0 Å². The van der Waals surface area contributed by atoms with Crippen molar-refractivity contribution in [3.05, 3.63) is 35.9 Å². The van der Waals surface area contributed by atoms with Gasteiger partial charge in [0.1, 0.15) is 0 Å². The fraction of sp³-hybridized carbons (Fsp3) is 0. The Balaban J connectivity index is 2.64. The van der Waals surface area contributed by atoms with Gasteiger partial charge in [0.2, 0.25) is 0 Å². The van der Waals surface area contributed by atoms with Crippen LogP contribution in [0.5, 0.6) is 0 Å². The number of nitrogens with zero attached hydrogens (tertiary/aromatic N) is 2. The summed E-state index contributed by atoms with van der Waals surface area (Å²) < 4.78 is 0.585. The zero-order valence-corrected chi connectivity index (χ0v) is 9.29. The summed E-state index contributed by atoms with van der Waals surface area (Å²) in [5, 5.41) is 7.55. The van der Waals surface area contributed by atoms with Gasteiger partial charge >= 0.3 is 0 Å². The Kier molecular flexibility index (Phi) is 4.18. The van der Waals surface area contributed by atoms with Crippen molar-refractivity contribution < 1.29 is 0 Å². The van der Waals surface area contributed by atoms with Crippen molar-refractivity contribution in [1.29, 1.82) is 0 Å². The summed E-state index contributed by atoms with van der Waals surface area (Å²) in [6.45, 7) is 0. The lowest BCUT2D eigenvalue weighted by atomic mass is 10.2. The second kappa shape index (κ2) is 5.22. The summed E-state index contributed by atoms with van der Waals surface area (Å²) in [7, 11) is 0. The molecule has 0 heterocycles. The summed E-state index contributed by atoms with van der Waals surface area (Å²) in [4.78, 5) is 0. The van der Waals surface area contributed by atoms with E-state index in [0.29, 0.717) is 3.53 Å². The van der Waals surface area contributed by atoms with Crippen LogP contribution in [0.15, 0.2) is 40.5 Å². The van der Waals surface area contributed by atoms with E-state index in [2.05, 4.69) is 42.1 Å². The first-order valence-electron chi connectivity index (χ1n) is 3.26. The van der Waals surface area contributed by atoms with Crippen molar-refractivity contribution in [2.75, 3.05) is 0 Å². The fourth-order valence-corrected chi connectivity index (χ4v) is 0.861. The Bertz CT molecular complexity index is 289. The zero-order valence-electron chi connectivity index (χ0n) is 6.11. The van der Waals surface area contributed by atoms with Crippen LogP contribution >= 0.6 is 31.9 Å². The molecule has 0 aliphatic heterocycles. The molecule has 62 valence electrons. The van der Waals surface area contributed by atoms with Crippen LogP contribution in [0.25, 0.3) is 0 Å². The van der Waals surface area contributed by atoms with E-state index >= 15 is 0 Å². The molecule has 1 aromatic rings. The molecular formula is C8H6Br2N2. The van der Waals surface area contributed by atoms with Crippen molar-refractivity contribution >= 4 is 41.6 Å². The van der Waals surface area contributed by atoms with E-state index < -0.39 is 0 Å². The van der Waals surface area contributed by atoms with Gasteiger partial charge in [0.15, 0.2) is 3.53 Å². The molecule has 0 atom stereocenters. The molecular weight excluding hydrogens is 284 g/mol. The number of hydrogen-bond acceptors (Lipinski definition) is 2. The Morgan fingerprint density at radius 3 is 2.42 bits per heavy atom. The molecule has 0 aromatic heterocycles. The number of hydrogen-bond donors (Lipinski definition) is 0. The molecule has 0 saturated heterocycles. The highest BCUT2D eigenvalue weighted by Crippen LogP contribution is 1.99. The zero-order chi connectivity index (χ0) is 8.81. The minimum absolute atomic E-state index is 0.585. The van der Waals surface area contributed by atoms with Crippen LogP contribution in [-0.4, -0.2) is 9.74 Å². The van der Waals surface area contributed by atoms with E-state index in [1.165, 1.54) is 0 Å². The molecule has 4 heteroatoms. The number of benzene rings is 1. The largest absolute Gasteiger partial charge is 0.171 e. The predicted octanol–water partition coefficient (Wildman–Crippen LogP) is 3.17. The molecule has 1 rings (SSSR count). The normalized spacial score (nSPS) is 10.2. The highest BCUT2D eigenvalue weighted by atomic mass is 79.9. The van der Waals surface area contributed by atoms with Crippen molar-refractivity contribution in [3.8, 4) is 0 Å². The van der Waals surface area contributed by atoms with E-state index in [9.17, 15) is 0 Å². The lowest BCUT2D eigenvalue weighted by Gasteiger charge is -1.87. The van der Waals surface area contributed by atoms with Gasteiger partial charge < -0.3 is 0 Å². The van der Waals surface area contributed by atoms with Crippen molar-refractivity contribution in [1.82, 2.24) is 0 Å². The number of rotatable bonds is 2. The SMILES string of the molecule is BrC(Br)=NN=Cc1ccccc1.